The lowest BCUT2D eigenvalue weighted by atomic mass is 10.2. The molecule has 27 heavy (non-hydrogen) atoms. The van der Waals surface area contributed by atoms with E-state index in [0.29, 0.717) is 23.7 Å². The summed E-state index contributed by atoms with van der Waals surface area (Å²) < 4.78 is 7.05. The Labute approximate surface area is 157 Å². The Kier molecular flexibility index (Phi) is 5.80. The average molecular weight is 369 g/mol. The molecular formula is C18H23N7O2. The van der Waals surface area contributed by atoms with Crippen LogP contribution in [0.15, 0.2) is 35.2 Å². The monoisotopic (exact) mass is 369 g/mol. The summed E-state index contributed by atoms with van der Waals surface area (Å²) in [4.78, 5) is 16.6. The van der Waals surface area contributed by atoms with Crippen molar-refractivity contribution in [2.24, 2.45) is 7.05 Å². The van der Waals surface area contributed by atoms with Gasteiger partial charge in [-0.1, -0.05) is 18.5 Å². The van der Waals surface area contributed by atoms with E-state index in [2.05, 4.69) is 37.9 Å². The molecule has 1 atom stereocenters. The summed E-state index contributed by atoms with van der Waals surface area (Å²) in [5, 5.41) is 17.9. The molecule has 9 heteroatoms. The summed E-state index contributed by atoms with van der Waals surface area (Å²) in [6, 6.07) is 5.28. The molecule has 0 saturated carbocycles. The zero-order chi connectivity index (χ0) is 19.2. The first-order valence-electron chi connectivity index (χ1n) is 8.86. The summed E-state index contributed by atoms with van der Waals surface area (Å²) in [7, 11) is 1.88. The highest BCUT2D eigenvalue weighted by atomic mass is 16.5. The van der Waals surface area contributed by atoms with Crippen molar-refractivity contribution >= 4 is 11.7 Å². The summed E-state index contributed by atoms with van der Waals surface area (Å²) in [6.07, 6.45) is 5.04. The van der Waals surface area contributed by atoms with E-state index in [0.717, 1.165) is 24.4 Å². The van der Waals surface area contributed by atoms with Gasteiger partial charge in [0.1, 0.15) is 12.1 Å². The second-order valence-corrected chi connectivity index (χ2v) is 6.32. The first-order chi connectivity index (χ1) is 13.1. The Morgan fingerprint density at radius 2 is 2.22 bits per heavy atom. The van der Waals surface area contributed by atoms with Crippen LogP contribution in [0.2, 0.25) is 0 Å². The smallest absolute Gasteiger partial charge is 0.253 e. The van der Waals surface area contributed by atoms with E-state index in [4.69, 9.17) is 4.52 Å². The molecular weight excluding hydrogens is 346 g/mol. The summed E-state index contributed by atoms with van der Waals surface area (Å²) in [5.41, 5.74) is 1.37. The molecule has 3 aromatic heterocycles. The zero-order valence-electron chi connectivity index (χ0n) is 15.6. The summed E-state index contributed by atoms with van der Waals surface area (Å²) >= 11 is 0. The van der Waals surface area contributed by atoms with Crippen molar-refractivity contribution < 1.29 is 9.32 Å². The van der Waals surface area contributed by atoms with Gasteiger partial charge in [-0.3, -0.25) is 4.79 Å². The quantitative estimate of drug-likeness (QED) is 0.626. The van der Waals surface area contributed by atoms with Crippen molar-refractivity contribution in [3.8, 4) is 0 Å². The first-order valence-corrected chi connectivity index (χ1v) is 8.86. The van der Waals surface area contributed by atoms with Gasteiger partial charge in [-0.25, -0.2) is 4.98 Å². The van der Waals surface area contributed by atoms with Gasteiger partial charge in [0.25, 0.3) is 5.91 Å². The Balaban J connectivity index is 1.54. The predicted molar refractivity (Wildman–Crippen MR) is 98.9 cm³/mol. The minimum atomic E-state index is -0.219. The average Bonchev–Trinajstić information content (AvgIpc) is 3.29. The van der Waals surface area contributed by atoms with E-state index in [1.807, 2.05) is 24.6 Å². The number of nitrogens with one attached hydrogen (secondary N) is 2. The van der Waals surface area contributed by atoms with E-state index in [9.17, 15) is 4.79 Å². The number of amides is 1. The standard InChI is InChI=1S/C18H23N7O2/c1-4-5-14-8-15(27-24-14)10-20-18(26)13-6-7-16(19-9-13)22-12(2)17-23-21-11-25(17)3/h6-9,11-12H,4-5,10H2,1-3H3,(H,19,22)(H,20,26). The zero-order valence-corrected chi connectivity index (χ0v) is 15.6. The number of hydrogen-bond donors (Lipinski definition) is 2. The minimum Gasteiger partial charge on any atom is -0.360 e. The number of carbonyl (C=O) groups excluding carboxylic acids is 1. The number of pyridine rings is 1. The topological polar surface area (TPSA) is 111 Å². The van der Waals surface area contributed by atoms with Crippen molar-refractivity contribution in [1.29, 1.82) is 0 Å². The molecule has 3 aromatic rings. The van der Waals surface area contributed by atoms with Crippen LogP contribution in [0.25, 0.3) is 0 Å². The maximum absolute atomic E-state index is 12.3. The number of aromatic nitrogens is 5. The highest BCUT2D eigenvalue weighted by Gasteiger charge is 2.13. The fourth-order valence-electron chi connectivity index (χ4n) is 2.67. The molecule has 9 nitrogen and oxygen atoms in total. The van der Waals surface area contributed by atoms with Crippen LogP contribution in [0.3, 0.4) is 0 Å². The van der Waals surface area contributed by atoms with Gasteiger partial charge in [-0.05, 0) is 25.5 Å². The van der Waals surface area contributed by atoms with Crippen LogP contribution in [-0.2, 0) is 20.0 Å². The Morgan fingerprint density at radius 3 is 2.89 bits per heavy atom. The predicted octanol–water partition coefficient (Wildman–Crippen LogP) is 2.25. The van der Waals surface area contributed by atoms with Gasteiger partial charge in [0.15, 0.2) is 11.6 Å². The molecule has 0 aromatic carbocycles. The van der Waals surface area contributed by atoms with Crippen LogP contribution in [0.1, 0.15) is 53.9 Å². The fraction of sp³-hybridized carbons (Fsp3) is 0.389. The molecule has 0 spiro atoms. The van der Waals surface area contributed by atoms with Gasteiger partial charge in [-0.2, -0.15) is 0 Å². The third-order valence-corrected chi connectivity index (χ3v) is 4.06. The van der Waals surface area contributed by atoms with Crippen molar-refractivity contribution in [3.63, 3.8) is 0 Å². The maximum Gasteiger partial charge on any atom is 0.253 e. The lowest BCUT2D eigenvalue weighted by Crippen LogP contribution is -2.22. The maximum atomic E-state index is 12.3. The summed E-state index contributed by atoms with van der Waals surface area (Å²) in [6.45, 7) is 4.34. The molecule has 0 saturated heterocycles. The van der Waals surface area contributed by atoms with Gasteiger partial charge < -0.3 is 19.7 Å². The van der Waals surface area contributed by atoms with Crippen molar-refractivity contribution in [2.75, 3.05) is 5.32 Å². The molecule has 0 aliphatic rings. The van der Waals surface area contributed by atoms with Crippen molar-refractivity contribution in [3.05, 3.63) is 53.6 Å². The third kappa shape index (κ3) is 4.69. The number of aryl methyl sites for hydroxylation is 2. The molecule has 0 bridgehead atoms. The fourth-order valence-corrected chi connectivity index (χ4v) is 2.67. The van der Waals surface area contributed by atoms with Gasteiger partial charge in [0, 0.05) is 19.3 Å². The van der Waals surface area contributed by atoms with E-state index in [1.54, 1.807) is 18.5 Å². The molecule has 3 heterocycles. The Hall–Kier alpha value is -3.23. The van der Waals surface area contributed by atoms with Gasteiger partial charge in [0.2, 0.25) is 0 Å². The molecule has 142 valence electrons. The van der Waals surface area contributed by atoms with Crippen molar-refractivity contribution in [2.45, 2.75) is 39.3 Å². The normalized spacial score (nSPS) is 12.0. The van der Waals surface area contributed by atoms with Crippen LogP contribution in [0.5, 0.6) is 0 Å². The highest BCUT2D eigenvalue weighted by Crippen LogP contribution is 2.15. The number of rotatable bonds is 8. The lowest BCUT2D eigenvalue weighted by Gasteiger charge is -2.13. The minimum absolute atomic E-state index is 0.0616. The van der Waals surface area contributed by atoms with Crippen LogP contribution < -0.4 is 10.6 Å². The molecule has 1 amide bonds. The van der Waals surface area contributed by atoms with E-state index >= 15 is 0 Å². The van der Waals surface area contributed by atoms with Crippen LogP contribution >= 0.6 is 0 Å². The number of hydrogen-bond acceptors (Lipinski definition) is 7. The van der Waals surface area contributed by atoms with Crippen LogP contribution in [-0.4, -0.2) is 30.8 Å². The SMILES string of the molecule is CCCc1cc(CNC(=O)c2ccc(NC(C)c3nncn3C)nc2)on1. The second-order valence-electron chi connectivity index (χ2n) is 6.32. The molecule has 0 aliphatic heterocycles. The molecule has 1 unspecified atom stereocenters. The Morgan fingerprint density at radius 1 is 1.37 bits per heavy atom. The number of carbonyl (C=O) groups is 1. The largest absolute Gasteiger partial charge is 0.360 e. The van der Waals surface area contributed by atoms with Crippen molar-refractivity contribution in [1.82, 2.24) is 30.2 Å². The van der Waals surface area contributed by atoms with Gasteiger partial charge in [-0.15, -0.1) is 10.2 Å². The molecule has 2 N–H and O–H groups in total. The van der Waals surface area contributed by atoms with E-state index < -0.39 is 0 Å². The highest BCUT2D eigenvalue weighted by molar-refractivity contribution is 5.93. The lowest BCUT2D eigenvalue weighted by molar-refractivity contribution is 0.0946. The van der Waals surface area contributed by atoms with Gasteiger partial charge in [0.05, 0.1) is 23.8 Å². The number of anilines is 1. The first kappa shape index (κ1) is 18.6. The molecule has 0 fully saturated rings. The van der Waals surface area contributed by atoms with E-state index in [-0.39, 0.29) is 11.9 Å². The van der Waals surface area contributed by atoms with Crippen LogP contribution in [0, 0.1) is 0 Å². The summed E-state index contributed by atoms with van der Waals surface area (Å²) in [5.74, 6) is 1.87. The van der Waals surface area contributed by atoms with E-state index in [1.165, 1.54) is 6.20 Å². The second kappa shape index (κ2) is 8.43. The third-order valence-electron chi connectivity index (χ3n) is 4.06. The molecule has 0 aliphatic carbocycles. The number of nitrogens with zero attached hydrogens (tertiary/aromatic N) is 5. The Bertz CT molecular complexity index is 885. The van der Waals surface area contributed by atoms with Crippen LogP contribution in [0.4, 0.5) is 5.82 Å². The molecule has 0 radical (unpaired) electrons. The molecule has 3 rings (SSSR count). The van der Waals surface area contributed by atoms with Gasteiger partial charge >= 0.3 is 0 Å².